The van der Waals surface area contributed by atoms with Crippen LogP contribution in [0, 0.1) is 6.92 Å². The van der Waals surface area contributed by atoms with Crippen molar-refractivity contribution in [2.75, 3.05) is 5.32 Å². The van der Waals surface area contributed by atoms with Gasteiger partial charge in [0.1, 0.15) is 5.82 Å². The lowest BCUT2D eigenvalue weighted by Gasteiger charge is -2.11. The minimum absolute atomic E-state index is 0.0377. The third kappa shape index (κ3) is 4.10. The zero-order valence-corrected chi connectivity index (χ0v) is 11.8. The number of anilines is 1. The quantitative estimate of drug-likeness (QED) is 0.866. The van der Waals surface area contributed by atoms with Crippen molar-refractivity contribution in [2.24, 2.45) is 0 Å². The van der Waals surface area contributed by atoms with Crippen molar-refractivity contribution in [1.29, 1.82) is 0 Å². The molecule has 2 aromatic rings. The summed E-state index contributed by atoms with van der Waals surface area (Å²) in [6, 6.07) is 13.6. The maximum absolute atomic E-state index is 12.0. The molecule has 0 saturated carbocycles. The third-order valence-corrected chi connectivity index (χ3v) is 3.73. The van der Waals surface area contributed by atoms with Crippen molar-refractivity contribution in [3.05, 3.63) is 54.2 Å². The highest BCUT2D eigenvalue weighted by atomic mass is 32.2. The maximum atomic E-state index is 12.0. The van der Waals surface area contributed by atoms with Gasteiger partial charge in [-0.25, -0.2) is 4.98 Å². The summed E-state index contributed by atoms with van der Waals surface area (Å²) < 4.78 is 0. The molecule has 0 aliphatic rings. The molecule has 1 aromatic carbocycles. The molecule has 2 rings (SSSR count). The van der Waals surface area contributed by atoms with Crippen molar-refractivity contribution < 1.29 is 4.79 Å². The van der Waals surface area contributed by atoms with Gasteiger partial charge in [0.2, 0.25) is 5.91 Å². The molecule has 1 heterocycles. The summed E-state index contributed by atoms with van der Waals surface area (Å²) in [4.78, 5) is 17.2. The van der Waals surface area contributed by atoms with Crippen LogP contribution >= 0.6 is 11.8 Å². The Balaban J connectivity index is 1.94. The lowest BCUT2D eigenvalue weighted by atomic mass is 10.2. The molecular weight excluding hydrogens is 256 g/mol. The van der Waals surface area contributed by atoms with E-state index < -0.39 is 0 Å². The van der Waals surface area contributed by atoms with Gasteiger partial charge in [0.25, 0.3) is 0 Å². The Kier molecular flexibility index (Phi) is 4.58. The van der Waals surface area contributed by atoms with E-state index in [-0.39, 0.29) is 11.2 Å². The molecule has 0 unspecified atom stereocenters. The average molecular weight is 272 g/mol. The van der Waals surface area contributed by atoms with Crippen LogP contribution in [-0.2, 0) is 4.79 Å². The maximum Gasteiger partial charge on any atom is 0.238 e. The zero-order chi connectivity index (χ0) is 13.7. The highest BCUT2D eigenvalue weighted by Crippen LogP contribution is 2.24. The molecule has 98 valence electrons. The van der Waals surface area contributed by atoms with Gasteiger partial charge in [-0.1, -0.05) is 23.8 Å². The van der Waals surface area contributed by atoms with Gasteiger partial charge in [-0.2, -0.15) is 0 Å². The molecular formula is C15H16N2OS. The first-order valence-electron chi connectivity index (χ1n) is 6.10. The minimum Gasteiger partial charge on any atom is -0.310 e. The SMILES string of the molecule is Cc1ccc(S[C@H](C)C(=O)Nc2ccccn2)cc1. The number of hydrogen-bond donors (Lipinski definition) is 1. The van der Waals surface area contributed by atoms with Gasteiger partial charge < -0.3 is 5.32 Å². The summed E-state index contributed by atoms with van der Waals surface area (Å²) >= 11 is 1.54. The second-order valence-corrected chi connectivity index (χ2v) is 5.69. The van der Waals surface area contributed by atoms with E-state index >= 15 is 0 Å². The molecule has 0 aliphatic carbocycles. The topological polar surface area (TPSA) is 42.0 Å². The van der Waals surface area contributed by atoms with E-state index in [9.17, 15) is 4.79 Å². The van der Waals surface area contributed by atoms with Gasteiger partial charge in [-0.15, -0.1) is 11.8 Å². The number of aromatic nitrogens is 1. The van der Waals surface area contributed by atoms with E-state index in [4.69, 9.17) is 0 Å². The highest BCUT2D eigenvalue weighted by Gasteiger charge is 2.14. The van der Waals surface area contributed by atoms with Crippen LogP contribution in [0.25, 0.3) is 0 Å². The van der Waals surface area contributed by atoms with Gasteiger partial charge in [0.15, 0.2) is 0 Å². The van der Waals surface area contributed by atoms with E-state index in [1.807, 2.05) is 50.2 Å². The Hall–Kier alpha value is -1.81. The Morgan fingerprint density at radius 1 is 1.21 bits per heavy atom. The summed E-state index contributed by atoms with van der Waals surface area (Å²) in [5.41, 5.74) is 1.22. The molecule has 0 fully saturated rings. The molecule has 4 heteroatoms. The van der Waals surface area contributed by atoms with Crippen LogP contribution in [0.15, 0.2) is 53.6 Å². The Morgan fingerprint density at radius 3 is 2.58 bits per heavy atom. The van der Waals surface area contributed by atoms with E-state index in [1.54, 1.807) is 12.3 Å². The first-order chi connectivity index (χ1) is 9.15. The number of amides is 1. The number of carbonyl (C=O) groups excluding carboxylic acids is 1. The molecule has 0 radical (unpaired) electrons. The van der Waals surface area contributed by atoms with Crippen molar-refractivity contribution >= 4 is 23.5 Å². The first kappa shape index (κ1) is 13.6. The fourth-order valence-electron chi connectivity index (χ4n) is 1.54. The number of benzene rings is 1. The lowest BCUT2D eigenvalue weighted by Crippen LogP contribution is -2.22. The molecule has 0 aliphatic heterocycles. The number of rotatable bonds is 4. The molecule has 0 spiro atoms. The molecule has 1 atom stereocenters. The Bertz CT molecular complexity index is 540. The molecule has 1 amide bonds. The number of aryl methyl sites for hydroxylation is 1. The minimum atomic E-state index is -0.162. The summed E-state index contributed by atoms with van der Waals surface area (Å²) in [5.74, 6) is 0.549. The number of nitrogens with one attached hydrogen (secondary N) is 1. The molecule has 1 N–H and O–H groups in total. The molecule has 0 bridgehead atoms. The third-order valence-electron chi connectivity index (χ3n) is 2.62. The largest absolute Gasteiger partial charge is 0.310 e. The fourth-order valence-corrected chi connectivity index (χ4v) is 2.41. The number of thioether (sulfide) groups is 1. The fraction of sp³-hybridized carbons (Fsp3) is 0.200. The van der Waals surface area contributed by atoms with Crippen molar-refractivity contribution in [2.45, 2.75) is 24.0 Å². The van der Waals surface area contributed by atoms with E-state index in [1.165, 1.54) is 17.3 Å². The normalized spacial score (nSPS) is 11.9. The number of pyridine rings is 1. The van der Waals surface area contributed by atoms with Crippen molar-refractivity contribution in [1.82, 2.24) is 4.98 Å². The van der Waals surface area contributed by atoms with E-state index in [0.717, 1.165) is 4.90 Å². The summed E-state index contributed by atoms with van der Waals surface area (Å²) in [6.45, 7) is 3.94. The number of carbonyl (C=O) groups is 1. The van der Waals surface area contributed by atoms with Gasteiger partial charge in [-0.3, -0.25) is 4.79 Å². The van der Waals surface area contributed by atoms with Gasteiger partial charge in [0.05, 0.1) is 5.25 Å². The Morgan fingerprint density at radius 2 is 1.95 bits per heavy atom. The van der Waals surface area contributed by atoms with Crippen LogP contribution in [0.3, 0.4) is 0 Å². The molecule has 1 aromatic heterocycles. The smallest absolute Gasteiger partial charge is 0.238 e. The van der Waals surface area contributed by atoms with Crippen molar-refractivity contribution in [3.8, 4) is 0 Å². The van der Waals surface area contributed by atoms with E-state index in [0.29, 0.717) is 5.82 Å². The summed E-state index contributed by atoms with van der Waals surface area (Å²) in [5, 5.41) is 2.64. The number of hydrogen-bond acceptors (Lipinski definition) is 3. The lowest BCUT2D eigenvalue weighted by molar-refractivity contribution is -0.115. The monoisotopic (exact) mass is 272 g/mol. The van der Waals surface area contributed by atoms with Crippen LogP contribution in [0.4, 0.5) is 5.82 Å². The second kappa shape index (κ2) is 6.38. The molecule has 19 heavy (non-hydrogen) atoms. The van der Waals surface area contributed by atoms with Crippen molar-refractivity contribution in [3.63, 3.8) is 0 Å². The standard InChI is InChI=1S/C15H16N2OS/c1-11-6-8-13(9-7-11)19-12(2)15(18)17-14-5-3-4-10-16-14/h3-10,12H,1-2H3,(H,16,17,18)/t12-/m1/s1. The zero-order valence-electron chi connectivity index (χ0n) is 11.0. The van der Waals surface area contributed by atoms with Crippen LogP contribution in [-0.4, -0.2) is 16.1 Å². The van der Waals surface area contributed by atoms with Gasteiger partial charge in [-0.05, 0) is 38.1 Å². The molecule has 3 nitrogen and oxygen atoms in total. The molecule has 0 saturated heterocycles. The number of nitrogens with zero attached hydrogens (tertiary/aromatic N) is 1. The summed E-state index contributed by atoms with van der Waals surface area (Å²) in [7, 11) is 0. The summed E-state index contributed by atoms with van der Waals surface area (Å²) in [6.07, 6.45) is 1.66. The van der Waals surface area contributed by atoms with Crippen LogP contribution in [0.5, 0.6) is 0 Å². The van der Waals surface area contributed by atoms with Crippen LogP contribution in [0.2, 0.25) is 0 Å². The van der Waals surface area contributed by atoms with Crippen LogP contribution in [0.1, 0.15) is 12.5 Å². The van der Waals surface area contributed by atoms with Crippen LogP contribution < -0.4 is 5.32 Å². The van der Waals surface area contributed by atoms with Gasteiger partial charge >= 0.3 is 0 Å². The highest BCUT2D eigenvalue weighted by molar-refractivity contribution is 8.00. The Labute approximate surface area is 117 Å². The van der Waals surface area contributed by atoms with E-state index in [2.05, 4.69) is 10.3 Å². The first-order valence-corrected chi connectivity index (χ1v) is 6.98. The predicted molar refractivity (Wildman–Crippen MR) is 79.4 cm³/mol. The van der Waals surface area contributed by atoms with Gasteiger partial charge in [0, 0.05) is 11.1 Å². The predicted octanol–water partition coefficient (Wildman–Crippen LogP) is 3.51. The second-order valence-electron chi connectivity index (χ2n) is 4.28. The average Bonchev–Trinajstić information content (AvgIpc) is 2.42.